The van der Waals surface area contributed by atoms with Gasteiger partial charge in [0.2, 0.25) is 0 Å². The summed E-state index contributed by atoms with van der Waals surface area (Å²) in [5, 5.41) is 21.9. The van der Waals surface area contributed by atoms with E-state index in [1.165, 1.54) is 6.07 Å². The normalized spacial score (nSPS) is 10.2. The number of hydrogen-bond acceptors (Lipinski definition) is 4. The Labute approximate surface area is 112 Å². The number of ether oxygens (including phenoxy) is 1. The van der Waals surface area contributed by atoms with Crippen LogP contribution < -0.4 is 10.1 Å². The Morgan fingerprint density at radius 1 is 1.05 bits per heavy atom. The van der Waals surface area contributed by atoms with E-state index in [2.05, 4.69) is 5.32 Å². The second-order valence-corrected chi connectivity index (χ2v) is 4.36. The molecule has 0 fully saturated rings. The zero-order chi connectivity index (χ0) is 13.8. The van der Waals surface area contributed by atoms with Gasteiger partial charge in [0.15, 0.2) is 11.5 Å². The second kappa shape index (κ2) is 5.52. The van der Waals surface area contributed by atoms with Crippen LogP contribution in [0.5, 0.6) is 17.2 Å². The summed E-state index contributed by atoms with van der Waals surface area (Å²) < 4.78 is 5.20. The maximum absolute atomic E-state index is 9.42. The van der Waals surface area contributed by atoms with Crippen LogP contribution >= 0.6 is 0 Å². The minimum absolute atomic E-state index is 0.106. The van der Waals surface area contributed by atoms with Crippen LogP contribution in [0.15, 0.2) is 36.4 Å². The standard InChI is InChI=1S/C15H17NO3/c1-10-7-12(4-6-15(10)19-2)16-9-11-3-5-13(17)14(18)8-11/h3-8,16-18H,9H2,1-2H3. The molecule has 0 unspecified atom stereocenters. The zero-order valence-electron chi connectivity index (χ0n) is 11.0. The van der Waals surface area contributed by atoms with Gasteiger partial charge in [0.1, 0.15) is 5.75 Å². The molecule has 4 nitrogen and oxygen atoms in total. The first-order valence-corrected chi connectivity index (χ1v) is 5.99. The highest BCUT2D eigenvalue weighted by Crippen LogP contribution is 2.26. The first-order chi connectivity index (χ1) is 9.10. The van der Waals surface area contributed by atoms with Crippen molar-refractivity contribution in [3.05, 3.63) is 47.5 Å². The lowest BCUT2D eigenvalue weighted by Gasteiger charge is -2.10. The Hall–Kier alpha value is -2.36. The van der Waals surface area contributed by atoms with Crippen molar-refractivity contribution in [2.45, 2.75) is 13.5 Å². The van der Waals surface area contributed by atoms with Gasteiger partial charge in [-0.2, -0.15) is 0 Å². The summed E-state index contributed by atoms with van der Waals surface area (Å²) in [6, 6.07) is 10.6. The fourth-order valence-corrected chi connectivity index (χ4v) is 1.87. The molecule has 0 radical (unpaired) electrons. The third kappa shape index (κ3) is 3.10. The Morgan fingerprint density at radius 2 is 1.84 bits per heavy atom. The van der Waals surface area contributed by atoms with E-state index < -0.39 is 0 Å². The molecular formula is C15H17NO3. The van der Waals surface area contributed by atoms with Crippen molar-refractivity contribution in [2.24, 2.45) is 0 Å². The van der Waals surface area contributed by atoms with Crippen LogP contribution in [-0.2, 0) is 6.54 Å². The molecule has 0 saturated heterocycles. The van der Waals surface area contributed by atoms with Gasteiger partial charge in [0.05, 0.1) is 7.11 Å². The molecule has 0 heterocycles. The van der Waals surface area contributed by atoms with E-state index in [-0.39, 0.29) is 11.5 Å². The molecule has 0 amide bonds. The lowest BCUT2D eigenvalue weighted by atomic mass is 10.1. The van der Waals surface area contributed by atoms with E-state index in [9.17, 15) is 10.2 Å². The minimum Gasteiger partial charge on any atom is -0.504 e. The molecule has 0 atom stereocenters. The number of rotatable bonds is 4. The molecule has 0 aliphatic heterocycles. The maximum atomic E-state index is 9.42. The fraction of sp³-hybridized carbons (Fsp3) is 0.200. The summed E-state index contributed by atoms with van der Waals surface area (Å²) in [6.45, 7) is 2.55. The number of nitrogens with one attached hydrogen (secondary N) is 1. The Balaban J connectivity index is 2.05. The second-order valence-electron chi connectivity index (χ2n) is 4.36. The molecule has 0 bridgehead atoms. The van der Waals surface area contributed by atoms with E-state index in [4.69, 9.17) is 4.74 Å². The van der Waals surface area contributed by atoms with Gasteiger partial charge in [0.25, 0.3) is 0 Å². The molecule has 0 spiro atoms. The number of phenols is 2. The lowest BCUT2D eigenvalue weighted by molar-refractivity contribution is 0.403. The van der Waals surface area contributed by atoms with Gasteiger partial charge in [-0.25, -0.2) is 0 Å². The first-order valence-electron chi connectivity index (χ1n) is 5.99. The largest absolute Gasteiger partial charge is 0.504 e. The van der Waals surface area contributed by atoms with Gasteiger partial charge in [-0.3, -0.25) is 0 Å². The van der Waals surface area contributed by atoms with Crippen molar-refractivity contribution in [1.29, 1.82) is 0 Å². The molecular weight excluding hydrogens is 242 g/mol. The maximum Gasteiger partial charge on any atom is 0.157 e. The molecule has 2 aromatic carbocycles. The molecule has 0 aliphatic carbocycles. The smallest absolute Gasteiger partial charge is 0.157 e. The SMILES string of the molecule is COc1ccc(NCc2ccc(O)c(O)c2)cc1C. The molecule has 2 aromatic rings. The summed E-state index contributed by atoms with van der Waals surface area (Å²) in [5.74, 6) is 0.641. The molecule has 4 heteroatoms. The summed E-state index contributed by atoms with van der Waals surface area (Å²) in [5.41, 5.74) is 2.93. The number of benzene rings is 2. The average molecular weight is 259 g/mol. The van der Waals surface area contributed by atoms with Crippen molar-refractivity contribution in [3.63, 3.8) is 0 Å². The molecule has 0 aliphatic rings. The molecule has 2 rings (SSSR count). The quantitative estimate of drug-likeness (QED) is 0.739. The van der Waals surface area contributed by atoms with Crippen molar-refractivity contribution in [1.82, 2.24) is 0 Å². The summed E-state index contributed by atoms with van der Waals surface area (Å²) in [4.78, 5) is 0. The number of anilines is 1. The summed E-state index contributed by atoms with van der Waals surface area (Å²) >= 11 is 0. The van der Waals surface area contributed by atoms with Crippen molar-refractivity contribution < 1.29 is 14.9 Å². The highest BCUT2D eigenvalue weighted by Gasteiger charge is 2.02. The Kier molecular flexibility index (Phi) is 3.80. The van der Waals surface area contributed by atoms with Crippen LogP contribution in [0.1, 0.15) is 11.1 Å². The predicted octanol–water partition coefficient (Wildman–Crippen LogP) is 3.03. The fourth-order valence-electron chi connectivity index (χ4n) is 1.87. The van der Waals surface area contributed by atoms with E-state index in [1.54, 1.807) is 19.2 Å². The van der Waals surface area contributed by atoms with Gasteiger partial charge < -0.3 is 20.3 Å². The minimum atomic E-state index is -0.107. The van der Waals surface area contributed by atoms with Crippen LogP contribution in [0.2, 0.25) is 0 Å². The summed E-state index contributed by atoms with van der Waals surface area (Å²) in [6.07, 6.45) is 0. The van der Waals surface area contributed by atoms with Crippen LogP contribution in [0.3, 0.4) is 0 Å². The highest BCUT2D eigenvalue weighted by molar-refractivity contribution is 5.51. The zero-order valence-corrected chi connectivity index (χ0v) is 11.0. The van der Waals surface area contributed by atoms with Crippen molar-refractivity contribution in [2.75, 3.05) is 12.4 Å². The summed E-state index contributed by atoms with van der Waals surface area (Å²) in [7, 11) is 1.65. The van der Waals surface area contributed by atoms with E-state index >= 15 is 0 Å². The van der Waals surface area contributed by atoms with Crippen molar-refractivity contribution >= 4 is 5.69 Å². The van der Waals surface area contributed by atoms with E-state index in [0.29, 0.717) is 6.54 Å². The van der Waals surface area contributed by atoms with Gasteiger partial charge in [0, 0.05) is 12.2 Å². The molecule has 3 N–H and O–H groups in total. The number of hydrogen-bond donors (Lipinski definition) is 3. The number of aromatic hydroxyl groups is 2. The molecule has 100 valence electrons. The molecule has 0 saturated carbocycles. The van der Waals surface area contributed by atoms with Crippen molar-refractivity contribution in [3.8, 4) is 17.2 Å². The average Bonchev–Trinajstić information content (AvgIpc) is 2.40. The van der Waals surface area contributed by atoms with Crippen LogP contribution in [0.25, 0.3) is 0 Å². The number of methoxy groups -OCH3 is 1. The first kappa shape index (κ1) is 13.1. The Bertz CT molecular complexity index is 582. The lowest BCUT2D eigenvalue weighted by Crippen LogP contribution is -1.99. The third-order valence-corrected chi connectivity index (χ3v) is 2.93. The van der Waals surface area contributed by atoms with Gasteiger partial charge in [-0.1, -0.05) is 6.07 Å². The van der Waals surface area contributed by atoms with Gasteiger partial charge in [-0.05, 0) is 48.4 Å². The van der Waals surface area contributed by atoms with Crippen LogP contribution in [0, 0.1) is 6.92 Å². The topological polar surface area (TPSA) is 61.7 Å². The van der Waals surface area contributed by atoms with E-state index in [0.717, 1.165) is 22.6 Å². The van der Waals surface area contributed by atoms with E-state index in [1.807, 2.05) is 25.1 Å². The monoisotopic (exact) mass is 259 g/mol. The third-order valence-electron chi connectivity index (χ3n) is 2.93. The highest BCUT2D eigenvalue weighted by atomic mass is 16.5. The van der Waals surface area contributed by atoms with Gasteiger partial charge >= 0.3 is 0 Å². The van der Waals surface area contributed by atoms with Crippen LogP contribution in [-0.4, -0.2) is 17.3 Å². The Morgan fingerprint density at radius 3 is 2.47 bits per heavy atom. The number of phenolic OH excluding ortho intramolecular Hbond substituents is 2. The molecule has 0 aromatic heterocycles. The van der Waals surface area contributed by atoms with Gasteiger partial charge in [-0.15, -0.1) is 0 Å². The molecule has 19 heavy (non-hydrogen) atoms. The predicted molar refractivity (Wildman–Crippen MR) is 74.8 cm³/mol. The van der Waals surface area contributed by atoms with Crippen LogP contribution in [0.4, 0.5) is 5.69 Å². The number of aryl methyl sites for hydroxylation is 1.